The molecule has 0 bridgehead atoms. The van der Waals surface area contributed by atoms with Crippen molar-refractivity contribution in [2.45, 2.75) is 6.92 Å². The van der Waals surface area contributed by atoms with Crippen molar-refractivity contribution in [2.75, 3.05) is 5.32 Å². The van der Waals surface area contributed by atoms with Crippen LogP contribution in [0.4, 0.5) is 10.1 Å². The van der Waals surface area contributed by atoms with Crippen molar-refractivity contribution in [1.29, 1.82) is 0 Å². The highest BCUT2D eigenvalue weighted by Crippen LogP contribution is 2.33. The van der Waals surface area contributed by atoms with Gasteiger partial charge in [-0.05, 0) is 48.9 Å². The van der Waals surface area contributed by atoms with Crippen LogP contribution in [0.3, 0.4) is 0 Å². The van der Waals surface area contributed by atoms with Gasteiger partial charge in [-0.2, -0.15) is 0 Å². The molecule has 0 aliphatic rings. The number of nitrogens with zero attached hydrogens (tertiary/aromatic N) is 4. The highest BCUT2D eigenvalue weighted by molar-refractivity contribution is 5.99. The second kappa shape index (κ2) is 9.13. The van der Waals surface area contributed by atoms with Gasteiger partial charge < -0.3 is 10.1 Å². The quantitative estimate of drug-likeness (QED) is 0.437. The van der Waals surface area contributed by atoms with E-state index in [0.717, 1.165) is 5.56 Å². The van der Waals surface area contributed by atoms with Gasteiger partial charge in [-0.3, -0.25) is 4.79 Å². The molecule has 0 spiro atoms. The number of ether oxygens (including phenoxy) is 1. The molecule has 1 N–H and O–H groups in total. The summed E-state index contributed by atoms with van der Waals surface area (Å²) in [4.78, 5) is 28.0. The van der Waals surface area contributed by atoms with Gasteiger partial charge in [0.1, 0.15) is 6.33 Å². The summed E-state index contributed by atoms with van der Waals surface area (Å²) < 4.78 is 20.3. The Hall–Kier alpha value is -4.46. The number of aryl methyl sites for hydroxylation is 1. The molecule has 0 unspecified atom stereocenters. The molecule has 0 atom stereocenters. The minimum atomic E-state index is -0.565. The predicted octanol–water partition coefficient (Wildman–Crippen LogP) is 4.96. The number of amides is 1. The molecule has 7 nitrogen and oxygen atoms in total. The van der Waals surface area contributed by atoms with Gasteiger partial charge in [0.2, 0.25) is 5.91 Å². The largest absolute Gasteiger partial charge is 0.421 e. The fraction of sp³-hybridized carbons (Fsp3) is 0.0417. The van der Waals surface area contributed by atoms with Gasteiger partial charge in [-0.25, -0.2) is 24.3 Å². The summed E-state index contributed by atoms with van der Waals surface area (Å²) in [5.74, 6) is -0.848. The van der Waals surface area contributed by atoms with Crippen LogP contribution in [0.15, 0.2) is 79.9 Å². The third-order valence-corrected chi connectivity index (χ3v) is 4.54. The summed E-state index contributed by atoms with van der Waals surface area (Å²) in [6.07, 6.45) is 5.79. The van der Waals surface area contributed by atoms with Crippen LogP contribution in [0, 0.1) is 12.7 Å². The van der Waals surface area contributed by atoms with Crippen LogP contribution >= 0.6 is 0 Å². The van der Waals surface area contributed by atoms with E-state index in [1.165, 1.54) is 24.5 Å². The SMILES string of the molecule is C=CC(=O)Nc1ccc(-c2ncncc2-c2ccc(Oc3nccc(C)n3)c(F)c2)cc1. The van der Waals surface area contributed by atoms with E-state index in [-0.39, 0.29) is 17.7 Å². The van der Waals surface area contributed by atoms with E-state index in [4.69, 9.17) is 4.74 Å². The first-order valence-electron chi connectivity index (χ1n) is 9.65. The average molecular weight is 427 g/mol. The number of hydrogen-bond donors (Lipinski definition) is 1. The second-order valence-electron chi connectivity index (χ2n) is 6.78. The molecule has 32 heavy (non-hydrogen) atoms. The second-order valence-corrected chi connectivity index (χ2v) is 6.78. The van der Waals surface area contributed by atoms with E-state index in [1.54, 1.807) is 43.6 Å². The molecular weight excluding hydrogens is 409 g/mol. The topological polar surface area (TPSA) is 89.9 Å². The van der Waals surface area contributed by atoms with Gasteiger partial charge in [-0.15, -0.1) is 0 Å². The number of hydrogen-bond acceptors (Lipinski definition) is 6. The van der Waals surface area contributed by atoms with E-state index in [1.807, 2.05) is 12.1 Å². The Morgan fingerprint density at radius 1 is 1.09 bits per heavy atom. The molecule has 4 aromatic rings. The molecule has 8 heteroatoms. The first kappa shape index (κ1) is 20.8. The van der Waals surface area contributed by atoms with Crippen LogP contribution in [0.1, 0.15) is 5.69 Å². The lowest BCUT2D eigenvalue weighted by atomic mass is 10.0. The number of rotatable bonds is 6. The van der Waals surface area contributed by atoms with Gasteiger partial charge >= 0.3 is 6.01 Å². The minimum absolute atomic E-state index is 0.0139. The molecule has 0 saturated heterocycles. The van der Waals surface area contributed by atoms with E-state index in [0.29, 0.717) is 28.2 Å². The summed E-state index contributed by atoms with van der Waals surface area (Å²) in [5, 5.41) is 2.69. The molecular formula is C24H18FN5O2. The molecule has 0 fully saturated rings. The van der Waals surface area contributed by atoms with E-state index in [9.17, 15) is 9.18 Å². The lowest BCUT2D eigenvalue weighted by Gasteiger charge is -2.11. The van der Waals surface area contributed by atoms with Gasteiger partial charge in [0.15, 0.2) is 11.6 Å². The fourth-order valence-electron chi connectivity index (χ4n) is 3.00. The zero-order valence-electron chi connectivity index (χ0n) is 17.1. The Morgan fingerprint density at radius 2 is 1.88 bits per heavy atom. The number of nitrogens with one attached hydrogen (secondary N) is 1. The standard InChI is InChI=1S/C24H18FN5O2/c1-3-22(31)30-18-7-4-16(5-8-18)23-19(13-26-14-28-23)17-6-9-21(20(25)12-17)32-24-27-11-10-15(2)29-24/h3-14H,1H2,2H3,(H,30,31). The molecule has 2 aromatic carbocycles. The summed E-state index contributed by atoms with van der Waals surface area (Å²) in [6, 6.07) is 13.5. The van der Waals surface area contributed by atoms with Crippen molar-refractivity contribution in [3.8, 4) is 34.1 Å². The zero-order chi connectivity index (χ0) is 22.5. The monoisotopic (exact) mass is 427 g/mol. The van der Waals surface area contributed by atoms with Crippen LogP contribution in [-0.4, -0.2) is 25.8 Å². The molecule has 2 heterocycles. The Balaban J connectivity index is 1.63. The van der Waals surface area contributed by atoms with Crippen LogP contribution in [0.25, 0.3) is 22.4 Å². The van der Waals surface area contributed by atoms with Crippen LogP contribution in [0.2, 0.25) is 0 Å². The maximum atomic E-state index is 14.8. The number of halogens is 1. The summed E-state index contributed by atoms with van der Waals surface area (Å²) in [5.41, 5.74) is 3.98. The minimum Gasteiger partial charge on any atom is -0.421 e. The summed E-state index contributed by atoms with van der Waals surface area (Å²) in [6.45, 7) is 5.23. The molecule has 1 amide bonds. The highest BCUT2D eigenvalue weighted by atomic mass is 19.1. The van der Waals surface area contributed by atoms with E-state index in [2.05, 4.69) is 31.8 Å². The Morgan fingerprint density at radius 3 is 2.59 bits per heavy atom. The average Bonchev–Trinajstić information content (AvgIpc) is 2.81. The normalized spacial score (nSPS) is 10.4. The third kappa shape index (κ3) is 4.65. The van der Waals surface area contributed by atoms with Gasteiger partial charge in [0.25, 0.3) is 0 Å². The Kier molecular flexibility index (Phi) is 5.94. The molecule has 0 aliphatic carbocycles. The molecule has 0 radical (unpaired) electrons. The van der Waals surface area contributed by atoms with Crippen LogP contribution in [0.5, 0.6) is 11.8 Å². The van der Waals surface area contributed by atoms with Crippen molar-refractivity contribution in [3.05, 3.63) is 91.4 Å². The van der Waals surface area contributed by atoms with Gasteiger partial charge in [0.05, 0.1) is 5.69 Å². The number of aromatic nitrogens is 4. The molecule has 2 aromatic heterocycles. The van der Waals surface area contributed by atoms with Crippen LogP contribution in [-0.2, 0) is 4.79 Å². The number of anilines is 1. The van der Waals surface area contributed by atoms with E-state index >= 15 is 0 Å². The van der Waals surface area contributed by atoms with E-state index < -0.39 is 5.82 Å². The fourth-order valence-corrected chi connectivity index (χ4v) is 3.00. The lowest BCUT2D eigenvalue weighted by Crippen LogP contribution is -2.06. The number of carbonyl (C=O) groups is 1. The molecule has 0 saturated carbocycles. The van der Waals surface area contributed by atoms with Crippen molar-refractivity contribution in [2.24, 2.45) is 0 Å². The molecule has 4 rings (SSSR count). The lowest BCUT2D eigenvalue weighted by molar-refractivity contribution is -0.111. The Labute approximate surface area is 183 Å². The summed E-state index contributed by atoms with van der Waals surface area (Å²) >= 11 is 0. The van der Waals surface area contributed by atoms with Crippen molar-refractivity contribution < 1.29 is 13.9 Å². The number of carbonyl (C=O) groups excluding carboxylic acids is 1. The maximum absolute atomic E-state index is 14.8. The zero-order valence-corrected chi connectivity index (χ0v) is 17.1. The van der Waals surface area contributed by atoms with Crippen molar-refractivity contribution in [1.82, 2.24) is 19.9 Å². The number of benzene rings is 2. The van der Waals surface area contributed by atoms with Gasteiger partial charge in [-0.1, -0.05) is 24.8 Å². The maximum Gasteiger partial charge on any atom is 0.322 e. The van der Waals surface area contributed by atoms with Crippen molar-refractivity contribution in [3.63, 3.8) is 0 Å². The Bertz CT molecular complexity index is 1290. The first-order chi connectivity index (χ1) is 15.5. The summed E-state index contributed by atoms with van der Waals surface area (Å²) in [7, 11) is 0. The highest BCUT2D eigenvalue weighted by Gasteiger charge is 2.14. The predicted molar refractivity (Wildman–Crippen MR) is 119 cm³/mol. The van der Waals surface area contributed by atoms with Crippen LogP contribution < -0.4 is 10.1 Å². The molecule has 0 aliphatic heterocycles. The third-order valence-electron chi connectivity index (χ3n) is 4.54. The van der Waals surface area contributed by atoms with Crippen molar-refractivity contribution >= 4 is 11.6 Å². The first-order valence-corrected chi connectivity index (χ1v) is 9.65. The molecule has 158 valence electrons. The van der Waals surface area contributed by atoms with Gasteiger partial charge in [0, 0.05) is 34.9 Å². The smallest absolute Gasteiger partial charge is 0.322 e.